The Balaban J connectivity index is 2.12. The predicted molar refractivity (Wildman–Crippen MR) is 167 cm³/mol. The van der Waals surface area contributed by atoms with Crippen molar-refractivity contribution in [3.63, 3.8) is 0 Å². The van der Waals surface area contributed by atoms with Crippen molar-refractivity contribution in [2.45, 2.75) is 71.0 Å². The van der Waals surface area contributed by atoms with Gasteiger partial charge in [-0.2, -0.15) is 0 Å². The smallest absolute Gasteiger partial charge is 0.264 e. The molecule has 0 fully saturated rings. The van der Waals surface area contributed by atoms with Crippen LogP contribution in [0.15, 0.2) is 77.7 Å². The van der Waals surface area contributed by atoms with E-state index in [1.807, 2.05) is 58.9 Å². The van der Waals surface area contributed by atoms with Crippen LogP contribution in [0.25, 0.3) is 0 Å². The average Bonchev–Trinajstić information content (AvgIpc) is 2.92. The maximum absolute atomic E-state index is 14.2. The molecule has 0 saturated heterocycles. The molecule has 1 unspecified atom stereocenters. The third kappa shape index (κ3) is 8.49. The minimum Gasteiger partial charge on any atom is -0.492 e. The van der Waals surface area contributed by atoms with E-state index in [9.17, 15) is 18.0 Å². The lowest BCUT2D eigenvalue weighted by Gasteiger charge is -2.35. The fourth-order valence-corrected chi connectivity index (χ4v) is 6.00. The van der Waals surface area contributed by atoms with Crippen LogP contribution >= 0.6 is 11.6 Å². The molecule has 1 atom stereocenters. The molecule has 0 saturated carbocycles. The van der Waals surface area contributed by atoms with Crippen LogP contribution in [0.2, 0.25) is 5.02 Å². The van der Waals surface area contributed by atoms with E-state index in [0.29, 0.717) is 23.8 Å². The normalized spacial score (nSPS) is 12.4. The van der Waals surface area contributed by atoms with Crippen LogP contribution in [-0.4, -0.2) is 49.9 Å². The Morgan fingerprint density at radius 3 is 2.14 bits per heavy atom. The van der Waals surface area contributed by atoms with Gasteiger partial charge in [0.1, 0.15) is 18.3 Å². The summed E-state index contributed by atoms with van der Waals surface area (Å²) in [5, 5.41) is 3.36. The van der Waals surface area contributed by atoms with Gasteiger partial charge in [0, 0.05) is 17.1 Å². The van der Waals surface area contributed by atoms with E-state index in [-0.39, 0.29) is 23.0 Å². The van der Waals surface area contributed by atoms with Crippen molar-refractivity contribution in [1.82, 2.24) is 10.2 Å². The number of aryl methyl sites for hydroxylation is 1. The molecular formula is C32H40ClN3O5S. The fourth-order valence-electron chi connectivity index (χ4n) is 4.45. The first-order valence-corrected chi connectivity index (χ1v) is 15.8. The monoisotopic (exact) mass is 613 g/mol. The summed E-state index contributed by atoms with van der Waals surface area (Å²) < 4.78 is 35.0. The highest BCUT2D eigenvalue weighted by molar-refractivity contribution is 7.92. The topological polar surface area (TPSA) is 96.0 Å². The maximum Gasteiger partial charge on any atom is 0.264 e. The van der Waals surface area contributed by atoms with Gasteiger partial charge >= 0.3 is 0 Å². The summed E-state index contributed by atoms with van der Waals surface area (Å²) in [5.74, 6) is -0.532. The average molecular weight is 614 g/mol. The number of anilines is 1. The minimum absolute atomic E-state index is 0.0337. The van der Waals surface area contributed by atoms with Crippen molar-refractivity contribution in [2.75, 3.05) is 17.5 Å². The molecule has 42 heavy (non-hydrogen) atoms. The number of halogens is 1. The zero-order valence-electron chi connectivity index (χ0n) is 25.1. The molecule has 226 valence electrons. The second kappa shape index (κ2) is 14.1. The number of amides is 2. The number of ether oxygens (including phenoxy) is 1. The van der Waals surface area contributed by atoms with E-state index in [1.54, 1.807) is 31.2 Å². The molecule has 8 nitrogen and oxygen atoms in total. The number of benzene rings is 3. The van der Waals surface area contributed by atoms with Crippen molar-refractivity contribution in [3.8, 4) is 5.75 Å². The van der Waals surface area contributed by atoms with Crippen LogP contribution in [0, 0.1) is 6.92 Å². The highest BCUT2D eigenvalue weighted by atomic mass is 35.5. The van der Waals surface area contributed by atoms with Gasteiger partial charge in [0.15, 0.2) is 0 Å². The van der Waals surface area contributed by atoms with Crippen LogP contribution in [0.5, 0.6) is 5.75 Å². The summed E-state index contributed by atoms with van der Waals surface area (Å²) in [7, 11) is -4.25. The summed E-state index contributed by atoms with van der Waals surface area (Å²) in [6.45, 7) is 11.1. The van der Waals surface area contributed by atoms with Crippen LogP contribution in [0.4, 0.5) is 5.69 Å². The number of rotatable bonds is 12. The summed E-state index contributed by atoms with van der Waals surface area (Å²) in [6.07, 6.45) is 0.332. The molecule has 0 heterocycles. The van der Waals surface area contributed by atoms with Crippen LogP contribution in [0.3, 0.4) is 0 Å². The molecule has 1 N–H and O–H groups in total. The first-order chi connectivity index (χ1) is 19.8. The molecular weight excluding hydrogens is 574 g/mol. The third-order valence-electron chi connectivity index (χ3n) is 6.47. The number of carbonyl (C=O) groups is 2. The number of sulfonamides is 1. The molecule has 0 bridgehead atoms. The first-order valence-electron chi connectivity index (χ1n) is 13.9. The van der Waals surface area contributed by atoms with Gasteiger partial charge < -0.3 is 15.0 Å². The third-order valence-corrected chi connectivity index (χ3v) is 8.50. The maximum atomic E-state index is 14.2. The quantitative estimate of drug-likeness (QED) is 0.272. The summed E-state index contributed by atoms with van der Waals surface area (Å²) in [6, 6.07) is 19.3. The lowest BCUT2D eigenvalue weighted by atomic mass is 10.1. The number of hydrogen-bond acceptors (Lipinski definition) is 5. The lowest BCUT2D eigenvalue weighted by molar-refractivity contribution is -0.141. The molecule has 2 amide bonds. The molecule has 0 aliphatic rings. The Labute approximate surface area is 254 Å². The molecule has 3 rings (SSSR count). The summed E-state index contributed by atoms with van der Waals surface area (Å²) in [4.78, 5) is 29.1. The van der Waals surface area contributed by atoms with Crippen molar-refractivity contribution in [3.05, 3.63) is 88.9 Å². The van der Waals surface area contributed by atoms with Gasteiger partial charge in [0.25, 0.3) is 10.0 Å². The Bertz CT molecular complexity index is 1470. The van der Waals surface area contributed by atoms with Crippen molar-refractivity contribution in [1.29, 1.82) is 0 Å². The molecule has 3 aromatic carbocycles. The highest BCUT2D eigenvalue weighted by Gasteiger charge is 2.35. The number of hydrogen-bond donors (Lipinski definition) is 1. The number of para-hydroxylation sites is 2. The van der Waals surface area contributed by atoms with Gasteiger partial charge in [-0.1, -0.05) is 60.5 Å². The largest absolute Gasteiger partial charge is 0.492 e. The summed E-state index contributed by atoms with van der Waals surface area (Å²) >= 11 is 6.04. The second-order valence-electron chi connectivity index (χ2n) is 11.0. The van der Waals surface area contributed by atoms with Crippen LogP contribution in [0.1, 0.15) is 52.2 Å². The van der Waals surface area contributed by atoms with Gasteiger partial charge in [0.05, 0.1) is 17.2 Å². The number of nitrogens with zero attached hydrogens (tertiary/aromatic N) is 2. The molecule has 0 aliphatic carbocycles. The number of carbonyl (C=O) groups excluding carboxylic acids is 2. The van der Waals surface area contributed by atoms with Gasteiger partial charge in [0.2, 0.25) is 11.8 Å². The Kier molecular flexibility index (Phi) is 11.0. The zero-order valence-corrected chi connectivity index (χ0v) is 26.6. The summed E-state index contributed by atoms with van der Waals surface area (Å²) in [5.41, 5.74) is 1.56. The minimum atomic E-state index is -4.25. The molecule has 0 aliphatic heterocycles. The van der Waals surface area contributed by atoms with E-state index in [1.165, 1.54) is 29.2 Å². The van der Waals surface area contributed by atoms with Crippen LogP contribution in [-0.2, 0) is 26.2 Å². The van der Waals surface area contributed by atoms with Crippen molar-refractivity contribution < 1.29 is 22.7 Å². The molecule has 0 radical (unpaired) electrons. The molecule has 3 aromatic rings. The molecule has 0 aromatic heterocycles. The Morgan fingerprint density at radius 2 is 1.57 bits per heavy atom. The standard InChI is InChI=1S/C32H40ClN3O5S/c1-7-27(31(38)34-32(4,5)6)35(21-24-15-13-23(3)14-16-24)30(37)22-36(28-11-9-10-12-29(28)41-8-2)42(39,40)26-19-17-25(33)18-20-26/h9-20,27H,7-8,21-22H2,1-6H3,(H,34,38). The van der Waals surface area contributed by atoms with Gasteiger partial charge in [-0.25, -0.2) is 8.42 Å². The van der Waals surface area contributed by atoms with E-state index >= 15 is 0 Å². The van der Waals surface area contributed by atoms with Gasteiger partial charge in [-0.3, -0.25) is 13.9 Å². The predicted octanol–water partition coefficient (Wildman–Crippen LogP) is 5.96. The van der Waals surface area contributed by atoms with Crippen LogP contribution < -0.4 is 14.4 Å². The zero-order chi connectivity index (χ0) is 31.1. The Hall–Kier alpha value is -3.56. The van der Waals surface area contributed by atoms with Gasteiger partial charge in [-0.05, 0) is 83.0 Å². The first kappa shape index (κ1) is 32.9. The van der Waals surface area contributed by atoms with Crippen molar-refractivity contribution in [2.24, 2.45) is 0 Å². The van der Waals surface area contributed by atoms with E-state index in [2.05, 4.69) is 5.32 Å². The Morgan fingerprint density at radius 1 is 0.952 bits per heavy atom. The molecule has 10 heteroatoms. The molecule has 0 spiro atoms. The SMILES string of the molecule is CCOc1ccccc1N(CC(=O)N(Cc1ccc(C)cc1)C(CC)C(=O)NC(C)(C)C)S(=O)(=O)c1ccc(Cl)cc1. The van der Waals surface area contributed by atoms with Crippen molar-refractivity contribution >= 4 is 39.1 Å². The highest BCUT2D eigenvalue weighted by Crippen LogP contribution is 2.33. The number of nitrogens with one attached hydrogen (secondary N) is 1. The fraction of sp³-hybridized carbons (Fsp3) is 0.375. The second-order valence-corrected chi connectivity index (χ2v) is 13.3. The van der Waals surface area contributed by atoms with E-state index in [0.717, 1.165) is 15.4 Å². The van der Waals surface area contributed by atoms with E-state index < -0.39 is 34.1 Å². The van der Waals surface area contributed by atoms with E-state index in [4.69, 9.17) is 16.3 Å². The van der Waals surface area contributed by atoms with Gasteiger partial charge in [-0.15, -0.1) is 0 Å². The lowest BCUT2D eigenvalue weighted by Crippen LogP contribution is -2.55.